The summed E-state index contributed by atoms with van der Waals surface area (Å²) in [5.74, 6) is 1.04. The lowest BCUT2D eigenvalue weighted by molar-refractivity contribution is 0.257. The molecule has 0 aliphatic carbocycles. The van der Waals surface area contributed by atoms with Gasteiger partial charge in [0.05, 0.1) is 5.02 Å². The summed E-state index contributed by atoms with van der Waals surface area (Å²) in [5.41, 5.74) is 0. The first kappa shape index (κ1) is 11.7. The molecule has 0 radical (unpaired) electrons. The molecule has 0 amide bonds. The fourth-order valence-corrected chi connectivity index (χ4v) is 2.25. The average molecular weight is 240 g/mol. The Kier molecular flexibility index (Phi) is 3.66. The largest absolute Gasteiger partial charge is 0.355 e. The van der Waals surface area contributed by atoms with Gasteiger partial charge in [-0.05, 0) is 39.1 Å². The number of hydrogen-bond donors (Lipinski definition) is 0. The van der Waals surface area contributed by atoms with Gasteiger partial charge in [0.15, 0.2) is 0 Å². The molecule has 0 spiro atoms. The van der Waals surface area contributed by atoms with Gasteiger partial charge in [-0.3, -0.25) is 0 Å². The zero-order chi connectivity index (χ0) is 11.5. The summed E-state index contributed by atoms with van der Waals surface area (Å²) >= 11 is 5.84. The van der Waals surface area contributed by atoms with Crippen molar-refractivity contribution in [2.45, 2.75) is 18.9 Å². The molecular formula is C12H18ClN3. The Bertz CT molecular complexity index is 337. The summed E-state index contributed by atoms with van der Waals surface area (Å²) in [4.78, 5) is 9.00. The van der Waals surface area contributed by atoms with Gasteiger partial charge < -0.3 is 9.80 Å². The minimum atomic E-state index is 0.631. The molecule has 0 aromatic carbocycles. The van der Waals surface area contributed by atoms with E-state index in [4.69, 9.17) is 11.6 Å². The van der Waals surface area contributed by atoms with Crippen LogP contribution in [0.15, 0.2) is 18.3 Å². The highest BCUT2D eigenvalue weighted by molar-refractivity contribution is 6.30. The van der Waals surface area contributed by atoms with Crippen LogP contribution >= 0.6 is 11.6 Å². The normalized spacial score (nSPS) is 21.5. The Hall–Kier alpha value is -0.800. The zero-order valence-electron chi connectivity index (χ0n) is 9.86. The van der Waals surface area contributed by atoms with Gasteiger partial charge in [0.1, 0.15) is 5.82 Å². The second-order valence-corrected chi connectivity index (χ2v) is 4.98. The van der Waals surface area contributed by atoms with E-state index in [2.05, 4.69) is 28.9 Å². The SMILES string of the molecule is CN(C)C1CCCN(c2ccc(Cl)cn2)C1. The van der Waals surface area contributed by atoms with E-state index >= 15 is 0 Å². The number of anilines is 1. The van der Waals surface area contributed by atoms with Crippen LogP contribution in [0.5, 0.6) is 0 Å². The van der Waals surface area contributed by atoms with Gasteiger partial charge in [-0.2, -0.15) is 0 Å². The van der Waals surface area contributed by atoms with Gasteiger partial charge >= 0.3 is 0 Å². The standard InChI is InChI=1S/C12H18ClN3/c1-15(2)11-4-3-7-16(9-11)12-6-5-10(13)8-14-12/h5-6,8,11H,3-4,7,9H2,1-2H3. The smallest absolute Gasteiger partial charge is 0.128 e. The van der Waals surface area contributed by atoms with Crippen molar-refractivity contribution in [3.8, 4) is 0 Å². The molecule has 1 atom stereocenters. The summed E-state index contributed by atoms with van der Waals surface area (Å²) in [5, 5.41) is 0.699. The number of aromatic nitrogens is 1. The quantitative estimate of drug-likeness (QED) is 0.789. The molecule has 1 aliphatic heterocycles. The van der Waals surface area contributed by atoms with Gasteiger partial charge in [-0.15, -0.1) is 0 Å². The molecule has 1 aromatic rings. The topological polar surface area (TPSA) is 19.4 Å². The summed E-state index contributed by atoms with van der Waals surface area (Å²) in [6.45, 7) is 2.15. The summed E-state index contributed by atoms with van der Waals surface area (Å²) < 4.78 is 0. The van der Waals surface area contributed by atoms with Gasteiger partial charge in [-0.25, -0.2) is 4.98 Å². The van der Waals surface area contributed by atoms with Crippen molar-refractivity contribution in [1.82, 2.24) is 9.88 Å². The van der Waals surface area contributed by atoms with E-state index in [1.165, 1.54) is 12.8 Å². The highest BCUT2D eigenvalue weighted by atomic mass is 35.5. The molecule has 1 aliphatic rings. The molecule has 1 unspecified atom stereocenters. The number of piperidine rings is 1. The van der Waals surface area contributed by atoms with Crippen LogP contribution in [0.1, 0.15) is 12.8 Å². The summed E-state index contributed by atoms with van der Waals surface area (Å²) in [6.07, 6.45) is 4.22. The molecule has 0 N–H and O–H groups in total. The number of pyridine rings is 1. The second kappa shape index (κ2) is 5.02. The number of hydrogen-bond acceptors (Lipinski definition) is 3. The van der Waals surface area contributed by atoms with Crippen molar-refractivity contribution in [3.05, 3.63) is 23.4 Å². The van der Waals surface area contributed by atoms with Crippen LogP contribution in [0.2, 0.25) is 5.02 Å². The van der Waals surface area contributed by atoms with Crippen LogP contribution in [0, 0.1) is 0 Å². The van der Waals surface area contributed by atoms with Crippen molar-refractivity contribution < 1.29 is 0 Å². The van der Waals surface area contributed by atoms with E-state index in [1.54, 1.807) is 6.20 Å². The van der Waals surface area contributed by atoms with Crippen LogP contribution in [-0.2, 0) is 0 Å². The van der Waals surface area contributed by atoms with E-state index < -0.39 is 0 Å². The van der Waals surface area contributed by atoms with Crippen molar-refractivity contribution in [3.63, 3.8) is 0 Å². The highest BCUT2D eigenvalue weighted by Crippen LogP contribution is 2.20. The Morgan fingerprint density at radius 2 is 2.25 bits per heavy atom. The second-order valence-electron chi connectivity index (χ2n) is 4.54. The third-order valence-electron chi connectivity index (χ3n) is 3.16. The lowest BCUT2D eigenvalue weighted by Gasteiger charge is -2.36. The molecule has 88 valence electrons. The van der Waals surface area contributed by atoms with Gasteiger partial charge in [0.2, 0.25) is 0 Å². The molecule has 1 aromatic heterocycles. The first-order chi connectivity index (χ1) is 7.66. The predicted octanol–water partition coefficient (Wildman–Crippen LogP) is 2.27. The minimum Gasteiger partial charge on any atom is -0.355 e. The maximum atomic E-state index is 5.84. The van der Waals surface area contributed by atoms with E-state index in [0.29, 0.717) is 11.1 Å². The molecule has 4 heteroatoms. The lowest BCUT2D eigenvalue weighted by Crippen LogP contribution is -2.45. The zero-order valence-corrected chi connectivity index (χ0v) is 10.6. The Balaban J connectivity index is 2.06. The first-order valence-electron chi connectivity index (χ1n) is 5.70. The van der Waals surface area contributed by atoms with Crippen molar-refractivity contribution in [2.24, 2.45) is 0 Å². The first-order valence-corrected chi connectivity index (χ1v) is 6.07. The fourth-order valence-electron chi connectivity index (χ4n) is 2.14. The maximum absolute atomic E-state index is 5.84. The monoisotopic (exact) mass is 239 g/mol. The fraction of sp³-hybridized carbons (Fsp3) is 0.583. The van der Waals surface area contributed by atoms with Crippen LogP contribution in [0.25, 0.3) is 0 Å². The van der Waals surface area contributed by atoms with E-state index in [9.17, 15) is 0 Å². The van der Waals surface area contributed by atoms with Crippen LogP contribution < -0.4 is 4.90 Å². The van der Waals surface area contributed by atoms with E-state index in [1.807, 2.05) is 12.1 Å². The number of rotatable bonds is 2. The Morgan fingerprint density at radius 1 is 1.44 bits per heavy atom. The maximum Gasteiger partial charge on any atom is 0.128 e. The Morgan fingerprint density at radius 3 is 2.88 bits per heavy atom. The molecule has 2 rings (SSSR count). The number of likely N-dealkylation sites (N-methyl/N-ethyl adjacent to an activating group) is 1. The van der Waals surface area contributed by atoms with Gasteiger partial charge in [-0.1, -0.05) is 11.6 Å². The van der Waals surface area contributed by atoms with Crippen molar-refractivity contribution in [2.75, 3.05) is 32.1 Å². The molecule has 0 bridgehead atoms. The molecule has 2 heterocycles. The van der Waals surface area contributed by atoms with Gasteiger partial charge in [0.25, 0.3) is 0 Å². The lowest BCUT2D eigenvalue weighted by atomic mass is 10.1. The van der Waals surface area contributed by atoms with Crippen molar-refractivity contribution >= 4 is 17.4 Å². The van der Waals surface area contributed by atoms with E-state index in [-0.39, 0.29) is 0 Å². The minimum absolute atomic E-state index is 0.631. The van der Waals surface area contributed by atoms with Crippen LogP contribution in [0.4, 0.5) is 5.82 Å². The summed E-state index contributed by atoms with van der Waals surface area (Å²) in [6, 6.07) is 4.54. The number of halogens is 1. The third-order valence-corrected chi connectivity index (χ3v) is 3.39. The molecule has 1 fully saturated rings. The molecule has 1 saturated heterocycles. The van der Waals surface area contributed by atoms with Crippen LogP contribution in [-0.4, -0.2) is 43.1 Å². The van der Waals surface area contributed by atoms with Gasteiger partial charge in [0, 0.05) is 25.3 Å². The number of nitrogens with zero attached hydrogens (tertiary/aromatic N) is 3. The Labute approximate surface area is 102 Å². The van der Waals surface area contributed by atoms with Crippen LogP contribution in [0.3, 0.4) is 0 Å². The molecular weight excluding hydrogens is 222 g/mol. The average Bonchev–Trinajstić information content (AvgIpc) is 2.30. The molecule has 3 nitrogen and oxygen atoms in total. The summed E-state index contributed by atoms with van der Waals surface area (Å²) in [7, 11) is 4.28. The van der Waals surface area contributed by atoms with E-state index in [0.717, 1.165) is 18.9 Å². The molecule has 0 saturated carbocycles. The third kappa shape index (κ3) is 2.66. The van der Waals surface area contributed by atoms with Crippen molar-refractivity contribution in [1.29, 1.82) is 0 Å². The molecule has 16 heavy (non-hydrogen) atoms. The highest BCUT2D eigenvalue weighted by Gasteiger charge is 2.21. The predicted molar refractivity (Wildman–Crippen MR) is 68.2 cm³/mol.